The Bertz CT molecular complexity index is 1890. The second kappa shape index (κ2) is 23.3. The van der Waals surface area contributed by atoms with Crippen LogP contribution in [0.25, 0.3) is 0 Å². The van der Waals surface area contributed by atoms with E-state index in [4.69, 9.17) is 28.1 Å². The Labute approximate surface area is 366 Å². The summed E-state index contributed by atoms with van der Waals surface area (Å²) in [6.07, 6.45) is 25.7. The Morgan fingerprint density at radius 1 is 0.787 bits per heavy atom. The van der Waals surface area contributed by atoms with Crippen molar-refractivity contribution in [3.63, 3.8) is 0 Å². The zero-order chi connectivity index (χ0) is 46.1. The molecule has 4 atom stereocenters. The third kappa shape index (κ3) is 17.5. The predicted octanol–water partition coefficient (Wildman–Crippen LogP) is 11.7. The molecular weight excluding hydrogens is 787 g/mol. The summed E-state index contributed by atoms with van der Waals surface area (Å²) >= 11 is 0. The third-order valence-electron chi connectivity index (χ3n) is 9.88. The van der Waals surface area contributed by atoms with Crippen molar-refractivity contribution in [1.29, 1.82) is 0 Å². The normalized spacial score (nSPS) is 20.3. The van der Waals surface area contributed by atoms with Crippen LogP contribution in [0.3, 0.4) is 0 Å². The van der Waals surface area contributed by atoms with Gasteiger partial charge in [-0.3, -0.25) is 0 Å². The molecule has 61 heavy (non-hydrogen) atoms. The average Bonchev–Trinajstić information content (AvgIpc) is 3.37. The topological polar surface area (TPSA) is 119 Å². The summed E-state index contributed by atoms with van der Waals surface area (Å²) in [5.41, 5.74) is -0.882. The van der Waals surface area contributed by atoms with E-state index in [2.05, 4.69) is 39.2 Å². The SMILES string of the molecule is COC1=C(C(=O)O/C(C)=C/C=C/C=C/C=C\C[C@H](NC(=O)OC(C)(C)C)c2ccccc2)[C@@](C)(/C=C/C=C/C=C\C=C/C(=O)OC(C)(C)C)[C@H](O[Si](C)(C)C(C)(C)C)[C@H]1OC. The first-order valence-electron chi connectivity index (χ1n) is 20.7. The van der Waals surface area contributed by atoms with Crippen LogP contribution in [-0.4, -0.2) is 64.0 Å². The molecule has 1 N–H and O–H groups in total. The maximum atomic E-state index is 14.2. The highest BCUT2D eigenvalue weighted by atomic mass is 28.4. The second-order valence-electron chi connectivity index (χ2n) is 18.4. The van der Waals surface area contributed by atoms with E-state index in [1.807, 2.05) is 133 Å². The fourth-order valence-electron chi connectivity index (χ4n) is 5.93. The number of hydrogen-bond donors (Lipinski definition) is 1. The van der Waals surface area contributed by atoms with Gasteiger partial charge in [-0.1, -0.05) is 130 Å². The van der Waals surface area contributed by atoms with Gasteiger partial charge in [0.1, 0.15) is 28.8 Å². The molecule has 0 radical (unpaired) electrons. The zero-order valence-electron chi connectivity index (χ0n) is 39.2. The Kier molecular flexibility index (Phi) is 19.9. The van der Waals surface area contributed by atoms with Crippen LogP contribution < -0.4 is 5.32 Å². The molecule has 0 aromatic heterocycles. The number of amides is 1. The average molecular weight is 858 g/mol. The van der Waals surface area contributed by atoms with Crippen LogP contribution >= 0.6 is 0 Å². The van der Waals surface area contributed by atoms with Crippen molar-refractivity contribution in [1.82, 2.24) is 5.32 Å². The number of rotatable bonds is 18. The standard InChI is InChI=1S/C50H71NO9Si/c1-37(31-25-20-16-17-21-28-34-39(38-32-26-24-27-33-38)51-46(54)59-48(5,6)7)57-45(53)41-42(55-12)43(56-13)44(60-61(14,15)49(8,9)10)50(41,11)36-30-23-19-18-22-29-35-40(52)58-47(2,3)4/h16-33,35-36,39,43-44H,34H2,1-15H3,(H,51,54)/b17-16+,22-18-,23-19+,25-20+,28-21-,35-29-,36-30+,37-31+/t39-,43-,44+,50+/m0/s1. The molecule has 334 valence electrons. The van der Waals surface area contributed by atoms with Crippen LogP contribution in [0.4, 0.5) is 4.79 Å². The fraction of sp³-hybridized carbons (Fsp3) is 0.460. The first-order valence-corrected chi connectivity index (χ1v) is 23.6. The third-order valence-corrected chi connectivity index (χ3v) is 14.3. The van der Waals surface area contributed by atoms with Gasteiger partial charge in [-0.15, -0.1) is 0 Å². The van der Waals surface area contributed by atoms with E-state index < -0.39 is 55.2 Å². The summed E-state index contributed by atoms with van der Waals surface area (Å²) in [5, 5.41) is 2.85. The van der Waals surface area contributed by atoms with Gasteiger partial charge in [-0.25, -0.2) is 14.4 Å². The minimum absolute atomic E-state index is 0.122. The molecular formula is C50H71NO9Si. The van der Waals surface area contributed by atoms with Gasteiger partial charge in [0.25, 0.3) is 0 Å². The van der Waals surface area contributed by atoms with Gasteiger partial charge in [0, 0.05) is 18.6 Å². The summed E-state index contributed by atoms with van der Waals surface area (Å²) in [7, 11) is 0.711. The van der Waals surface area contributed by atoms with Crippen LogP contribution in [0.5, 0.6) is 0 Å². The quantitative estimate of drug-likeness (QED) is 0.0384. The minimum atomic E-state index is -2.40. The number of ether oxygens (including phenoxy) is 5. The first kappa shape index (κ1) is 52.2. The Morgan fingerprint density at radius 2 is 1.34 bits per heavy atom. The van der Waals surface area contributed by atoms with Crippen molar-refractivity contribution < 1.29 is 42.5 Å². The van der Waals surface area contributed by atoms with E-state index in [-0.39, 0.29) is 11.1 Å². The summed E-state index contributed by atoms with van der Waals surface area (Å²) in [5.74, 6) is -0.255. The van der Waals surface area contributed by atoms with E-state index in [1.54, 1.807) is 44.4 Å². The highest BCUT2D eigenvalue weighted by molar-refractivity contribution is 6.74. The Morgan fingerprint density at radius 3 is 1.90 bits per heavy atom. The second-order valence-corrected chi connectivity index (χ2v) is 23.2. The number of carbonyl (C=O) groups excluding carboxylic acids is 3. The van der Waals surface area contributed by atoms with Crippen molar-refractivity contribution in [2.24, 2.45) is 5.41 Å². The number of carbonyl (C=O) groups is 3. The number of esters is 2. The highest BCUT2D eigenvalue weighted by Crippen LogP contribution is 2.51. The van der Waals surface area contributed by atoms with Crippen LogP contribution in [0, 0.1) is 5.41 Å². The van der Waals surface area contributed by atoms with E-state index in [0.717, 1.165) is 5.56 Å². The monoisotopic (exact) mass is 857 g/mol. The van der Waals surface area contributed by atoms with Crippen LogP contribution in [0.1, 0.15) is 94.2 Å². The van der Waals surface area contributed by atoms with E-state index >= 15 is 0 Å². The molecule has 2 rings (SSSR count). The molecule has 0 saturated carbocycles. The molecule has 11 heteroatoms. The molecule has 1 amide bonds. The summed E-state index contributed by atoms with van der Waals surface area (Å²) in [6, 6.07) is 9.50. The first-order chi connectivity index (χ1) is 28.3. The molecule has 0 bridgehead atoms. The number of alkyl carbamates (subject to hydrolysis) is 1. The van der Waals surface area contributed by atoms with Gasteiger partial charge >= 0.3 is 18.0 Å². The minimum Gasteiger partial charge on any atom is -0.498 e. The van der Waals surface area contributed by atoms with Gasteiger partial charge in [0.2, 0.25) is 0 Å². The van der Waals surface area contributed by atoms with Crippen LogP contribution in [0.15, 0.2) is 139 Å². The molecule has 0 spiro atoms. The summed E-state index contributed by atoms with van der Waals surface area (Å²) in [6.45, 7) is 25.4. The lowest BCUT2D eigenvalue weighted by Gasteiger charge is -2.43. The Hall–Kier alpha value is -4.97. The fourth-order valence-corrected chi connectivity index (χ4v) is 7.29. The number of allylic oxidation sites excluding steroid dienone is 13. The van der Waals surface area contributed by atoms with Crippen molar-refractivity contribution in [3.8, 4) is 0 Å². The van der Waals surface area contributed by atoms with E-state index in [1.165, 1.54) is 13.2 Å². The maximum Gasteiger partial charge on any atom is 0.408 e. The molecule has 0 fully saturated rings. The predicted molar refractivity (Wildman–Crippen MR) is 248 cm³/mol. The van der Waals surface area contributed by atoms with Crippen molar-refractivity contribution >= 4 is 26.3 Å². The molecule has 0 heterocycles. The number of hydrogen-bond acceptors (Lipinski definition) is 9. The largest absolute Gasteiger partial charge is 0.498 e. The lowest BCUT2D eigenvalue weighted by Crippen LogP contribution is -2.51. The summed E-state index contributed by atoms with van der Waals surface area (Å²) < 4.78 is 35.7. The zero-order valence-corrected chi connectivity index (χ0v) is 40.2. The molecule has 0 saturated heterocycles. The summed E-state index contributed by atoms with van der Waals surface area (Å²) in [4.78, 5) is 38.6. The van der Waals surface area contributed by atoms with Gasteiger partial charge < -0.3 is 33.4 Å². The number of methoxy groups -OCH3 is 2. The molecule has 1 aromatic carbocycles. The van der Waals surface area contributed by atoms with E-state index in [0.29, 0.717) is 23.5 Å². The van der Waals surface area contributed by atoms with E-state index in [9.17, 15) is 14.4 Å². The van der Waals surface area contributed by atoms with Crippen molar-refractivity contribution in [3.05, 3.63) is 144 Å². The van der Waals surface area contributed by atoms with Gasteiger partial charge in [-0.05, 0) is 91.6 Å². The molecule has 0 aliphatic heterocycles. The number of nitrogens with one attached hydrogen (secondary N) is 1. The lowest BCUT2D eigenvalue weighted by molar-refractivity contribution is -0.148. The smallest absolute Gasteiger partial charge is 0.408 e. The molecule has 1 aromatic rings. The molecule has 0 unspecified atom stereocenters. The van der Waals surface area contributed by atoms with Crippen molar-refractivity contribution in [2.45, 2.75) is 130 Å². The van der Waals surface area contributed by atoms with Gasteiger partial charge in [-0.2, -0.15) is 0 Å². The maximum absolute atomic E-state index is 14.2. The van der Waals surface area contributed by atoms with Gasteiger partial charge in [0.05, 0.1) is 24.8 Å². The molecule has 1 aliphatic rings. The van der Waals surface area contributed by atoms with Crippen LogP contribution in [-0.2, 0) is 37.7 Å². The molecule has 10 nitrogen and oxygen atoms in total. The molecule has 1 aliphatic carbocycles. The van der Waals surface area contributed by atoms with Crippen LogP contribution in [0.2, 0.25) is 18.1 Å². The number of benzene rings is 1. The van der Waals surface area contributed by atoms with Gasteiger partial charge in [0.15, 0.2) is 8.32 Å². The van der Waals surface area contributed by atoms with Crippen molar-refractivity contribution in [2.75, 3.05) is 14.2 Å². The highest BCUT2D eigenvalue weighted by Gasteiger charge is 2.57. The Balaban J connectivity index is 2.29. The lowest BCUT2D eigenvalue weighted by atomic mass is 9.80.